The molecule has 0 saturated heterocycles. The van der Waals surface area contributed by atoms with E-state index in [0.29, 0.717) is 5.56 Å². The van der Waals surface area contributed by atoms with Crippen molar-refractivity contribution in [2.45, 2.75) is 0 Å². The van der Waals surface area contributed by atoms with Crippen molar-refractivity contribution in [2.75, 3.05) is 11.5 Å². The van der Waals surface area contributed by atoms with Gasteiger partial charge < -0.3 is 14.6 Å². The number of esters is 1. The summed E-state index contributed by atoms with van der Waals surface area (Å²) in [6.07, 6.45) is 0. The van der Waals surface area contributed by atoms with E-state index >= 15 is 0 Å². The highest BCUT2D eigenvalue weighted by Gasteiger charge is 2.36. The molecule has 0 spiro atoms. The molecular formula is C24H14NO7-. The molecule has 0 saturated carbocycles. The number of hydrogen-bond acceptors (Lipinski definition) is 7. The van der Waals surface area contributed by atoms with Crippen LogP contribution in [0.3, 0.4) is 0 Å². The Morgan fingerprint density at radius 2 is 1.38 bits per heavy atom. The van der Waals surface area contributed by atoms with Gasteiger partial charge in [-0.3, -0.25) is 14.4 Å². The molecule has 3 aromatic carbocycles. The number of nitrogens with zero attached hydrogens (tertiary/aromatic N) is 1. The Morgan fingerprint density at radius 3 is 2.03 bits per heavy atom. The number of carbonyl (C=O) groups excluding carboxylic acids is 5. The van der Waals surface area contributed by atoms with Gasteiger partial charge in [0.15, 0.2) is 12.4 Å². The maximum Gasteiger partial charge on any atom is 0.338 e. The second kappa shape index (κ2) is 8.27. The van der Waals surface area contributed by atoms with Crippen molar-refractivity contribution in [2.24, 2.45) is 0 Å². The van der Waals surface area contributed by atoms with Crippen LogP contribution in [0.2, 0.25) is 0 Å². The highest BCUT2D eigenvalue weighted by Crippen LogP contribution is 2.29. The molecule has 0 atom stereocenters. The summed E-state index contributed by atoms with van der Waals surface area (Å²) < 4.78 is 5.04. The lowest BCUT2D eigenvalue weighted by molar-refractivity contribution is -0.255. The Morgan fingerprint density at radius 1 is 0.750 bits per heavy atom. The topological polar surface area (TPSA) is 121 Å². The zero-order valence-electron chi connectivity index (χ0n) is 16.4. The Balaban J connectivity index is 1.47. The number of fused-ring (bicyclic) bond motifs is 1. The smallest absolute Gasteiger partial charge is 0.338 e. The average Bonchev–Trinajstić information content (AvgIpc) is 3.07. The number of rotatable bonds is 6. The van der Waals surface area contributed by atoms with E-state index in [0.717, 1.165) is 11.0 Å². The third kappa shape index (κ3) is 3.77. The van der Waals surface area contributed by atoms with Gasteiger partial charge in [-0.25, -0.2) is 9.69 Å². The molecule has 0 fully saturated rings. The summed E-state index contributed by atoms with van der Waals surface area (Å²) in [6, 6.07) is 17.4. The van der Waals surface area contributed by atoms with Crippen LogP contribution >= 0.6 is 0 Å². The van der Waals surface area contributed by atoms with Gasteiger partial charge in [0.25, 0.3) is 11.8 Å². The van der Waals surface area contributed by atoms with Crippen molar-refractivity contribution in [1.82, 2.24) is 0 Å². The molecule has 0 bridgehead atoms. The number of aromatic carboxylic acids is 1. The number of ether oxygens (including phenoxy) is 1. The van der Waals surface area contributed by atoms with Gasteiger partial charge in [-0.05, 0) is 42.0 Å². The van der Waals surface area contributed by atoms with Gasteiger partial charge in [-0.1, -0.05) is 36.4 Å². The monoisotopic (exact) mass is 428 g/mol. The Bertz CT molecular complexity index is 1260. The normalized spacial score (nSPS) is 12.4. The van der Waals surface area contributed by atoms with Crippen LogP contribution in [0.5, 0.6) is 0 Å². The van der Waals surface area contributed by atoms with Gasteiger partial charge >= 0.3 is 5.97 Å². The van der Waals surface area contributed by atoms with Crippen LogP contribution in [0.15, 0.2) is 72.8 Å². The van der Waals surface area contributed by atoms with E-state index in [2.05, 4.69) is 0 Å². The van der Waals surface area contributed by atoms with E-state index in [1.54, 1.807) is 30.3 Å². The number of benzene rings is 3. The first-order valence-corrected chi connectivity index (χ1v) is 9.46. The first-order chi connectivity index (χ1) is 15.4. The Hall–Kier alpha value is -4.59. The molecule has 0 N–H and O–H groups in total. The number of carboxylic acids is 1. The van der Waals surface area contributed by atoms with Crippen LogP contribution in [0, 0.1) is 0 Å². The molecule has 8 heteroatoms. The maximum atomic E-state index is 12.7. The fourth-order valence-electron chi connectivity index (χ4n) is 3.27. The summed E-state index contributed by atoms with van der Waals surface area (Å²) in [4.78, 5) is 61.5. The van der Waals surface area contributed by atoms with Crippen LogP contribution in [0.25, 0.3) is 0 Å². The second-order valence-corrected chi connectivity index (χ2v) is 6.91. The lowest BCUT2D eigenvalue weighted by Crippen LogP contribution is -2.29. The first-order valence-electron chi connectivity index (χ1n) is 9.46. The van der Waals surface area contributed by atoms with Gasteiger partial charge in [0.05, 0.1) is 28.3 Å². The minimum Gasteiger partial charge on any atom is -0.545 e. The summed E-state index contributed by atoms with van der Waals surface area (Å²) in [6.45, 7) is -0.427. The predicted molar refractivity (Wildman–Crippen MR) is 109 cm³/mol. The largest absolute Gasteiger partial charge is 0.545 e. The van der Waals surface area contributed by atoms with Crippen molar-refractivity contribution in [3.8, 4) is 0 Å². The van der Waals surface area contributed by atoms with Crippen molar-refractivity contribution < 1.29 is 33.8 Å². The summed E-state index contributed by atoms with van der Waals surface area (Å²) in [5.74, 6) is -3.84. The minimum absolute atomic E-state index is 0.0420. The lowest BCUT2D eigenvalue weighted by atomic mass is 10.1. The number of amides is 2. The van der Waals surface area contributed by atoms with Gasteiger partial charge in [-0.15, -0.1) is 0 Å². The molecule has 0 unspecified atom stereocenters. The van der Waals surface area contributed by atoms with E-state index in [1.807, 2.05) is 0 Å². The molecule has 3 aromatic rings. The molecule has 32 heavy (non-hydrogen) atoms. The molecule has 1 heterocycles. The van der Waals surface area contributed by atoms with Crippen molar-refractivity contribution in [1.29, 1.82) is 0 Å². The number of imide groups is 1. The van der Waals surface area contributed by atoms with Crippen LogP contribution in [0.1, 0.15) is 51.8 Å². The molecule has 1 aliphatic heterocycles. The van der Waals surface area contributed by atoms with Crippen molar-refractivity contribution in [3.05, 3.63) is 101 Å². The number of anilines is 1. The van der Waals surface area contributed by atoms with E-state index in [-0.39, 0.29) is 33.7 Å². The van der Waals surface area contributed by atoms with Gasteiger partial charge in [0.2, 0.25) is 0 Å². The minimum atomic E-state index is -1.46. The third-order valence-corrected chi connectivity index (χ3v) is 4.91. The molecule has 8 nitrogen and oxygen atoms in total. The molecule has 0 aromatic heterocycles. The molecule has 1 aliphatic rings. The molecule has 0 aliphatic carbocycles. The zero-order valence-corrected chi connectivity index (χ0v) is 16.4. The van der Waals surface area contributed by atoms with Crippen LogP contribution in [-0.2, 0) is 4.74 Å². The molecule has 158 valence electrons. The number of hydrogen-bond donors (Lipinski definition) is 0. The highest BCUT2D eigenvalue weighted by molar-refractivity contribution is 6.34. The number of carboxylic acid groups (broad SMARTS) is 1. The average molecular weight is 428 g/mol. The van der Waals surface area contributed by atoms with E-state index in [9.17, 15) is 29.1 Å². The number of ketones is 1. The highest BCUT2D eigenvalue weighted by atomic mass is 16.5. The molecular weight excluding hydrogens is 414 g/mol. The third-order valence-electron chi connectivity index (χ3n) is 4.91. The standard InChI is InChI=1S/C24H15NO7/c26-20(14-4-2-1-3-5-14)13-32-24(31)15-6-9-17(10-7-15)25-21(27)18-11-8-16(23(29)30)12-19(18)22(25)28/h1-12H,13H2,(H,29,30)/p-1. The Labute approximate surface area is 181 Å². The number of carbonyl (C=O) groups is 5. The maximum absolute atomic E-state index is 12.7. The van der Waals surface area contributed by atoms with Crippen LogP contribution < -0.4 is 10.0 Å². The molecule has 2 amide bonds. The number of Topliss-reactive ketones (excluding diaryl/α,β-unsaturated/α-hetero) is 1. The van der Waals surface area contributed by atoms with Gasteiger partial charge in [0, 0.05) is 5.56 Å². The zero-order chi connectivity index (χ0) is 22.8. The van der Waals surface area contributed by atoms with Crippen LogP contribution in [-0.4, -0.2) is 36.1 Å². The molecule has 0 radical (unpaired) electrons. The van der Waals surface area contributed by atoms with E-state index < -0.39 is 30.4 Å². The predicted octanol–water partition coefficient (Wildman–Crippen LogP) is 1.89. The van der Waals surface area contributed by atoms with Gasteiger partial charge in [-0.2, -0.15) is 0 Å². The first kappa shape index (κ1) is 20.7. The summed E-state index contributed by atoms with van der Waals surface area (Å²) >= 11 is 0. The van der Waals surface area contributed by atoms with Crippen molar-refractivity contribution >= 4 is 35.2 Å². The van der Waals surface area contributed by atoms with Crippen LogP contribution in [0.4, 0.5) is 5.69 Å². The Kier molecular flexibility index (Phi) is 5.34. The SMILES string of the molecule is O=C([O-])c1ccc2c(c1)C(=O)N(c1ccc(C(=O)OCC(=O)c3ccccc3)cc1)C2=O. The van der Waals surface area contributed by atoms with Crippen molar-refractivity contribution in [3.63, 3.8) is 0 Å². The fraction of sp³-hybridized carbons (Fsp3) is 0.0417. The molecule has 4 rings (SSSR count). The van der Waals surface area contributed by atoms with E-state index in [4.69, 9.17) is 4.74 Å². The fourth-order valence-corrected chi connectivity index (χ4v) is 3.27. The van der Waals surface area contributed by atoms with E-state index in [1.165, 1.54) is 36.4 Å². The quantitative estimate of drug-likeness (QED) is 0.334. The summed E-state index contributed by atoms with van der Waals surface area (Å²) in [5, 5.41) is 11.0. The summed E-state index contributed by atoms with van der Waals surface area (Å²) in [7, 11) is 0. The second-order valence-electron chi connectivity index (χ2n) is 6.91. The lowest BCUT2D eigenvalue weighted by Gasteiger charge is -2.14. The van der Waals surface area contributed by atoms with Gasteiger partial charge in [0.1, 0.15) is 0 Å². The summed E-state index contributed by atoms with van der Waals surface area (Å²) in [5.41, 5.74) is 0.564.